The van der Waals surface area contributed by atoms with Crippen LogP contribution in [0.5, 0.6) is 0 Å². The van der Waals surface area contributed by atoms with Gasteiger partial charge in [-0.3, -0.25) is 4.79 Å². The summed E-state index contributed by atoms with van der Waals surface area (Å²) >= 11 is 0. The summed E-state index contributed by atoms with van der Waals surface area (Å²) in [5.41, 5.74) is 1.11. The van der Waals surface area contributed by atoms with Gasteiger partial charge in [0.25, 0.3) is 5.91 Å². The number of amides is 1. The number of hydrogen-bond donors (Lipinski definition) is 2. The van der Waals surface area contributed by atoms with Crippen molar-refractivity contribution in [1.82, 2.24) is 5.32 Å². The van der Waals surface area contributed by atoms with Crippen LogP contribution in [0.4, 0.5) is 0 Å². The average Bonchev–Trinajstić information content (AvgIpc) is 2.86. The van der Waals surface area contributed by atoms with Gasteiger partial charge in [-0.2, -0.15) is 0 Å². The van der Waals surface area contributed by atoms with E-state index in [0.29, 0.717) is 18.7 Å². The van der Waals surface area contributed by atoms with Crippen molar-refractivity contribution in [2.24, 2.45) is 0 Å². The predicted octanol–water partition coefficient (Wildman–Crippen LogP) is 2.26. The zero-order valence-corrected chi connectivity index (χ0v) is 11.1. The van der Waals surface area contributed by atoms with E-state index in [1.54, 1.807) is 31.2 Å². The van der Waals surface area contributed by atoms with Gasteiger partial charge < -0.3 is 14.8 Å². The number of benzene rings is 1. The van der Waals surface area contributed by atoms with Crippen molar-refractivity contribution in [3.8, 4) is 0 Å². The van der Waals surface area contributed by atoms with Crippen molar-refractivity contribution in [2.75, 3.05) is 6.54 Å². The highest BCUT2D eigenvalue weighted by Crippen LogP contribution is 2.07. The molecule has 0 atom stereocenters. The fourth-order valence-corrected chi connectivity index (χ4v) is 1.82. The molecule has 0 saturated carbocycles. The van der Waals surface area contributed by atoms with E-state index in [1.807, 2.05) is 6.07 Å². The molecule has 2 aromatic rings. The Morgan fingerprint density at radius 3 is 2.70 bits per heavy atom. The van der Waals surface area contributed by atoms with Crippen molar-refractivity contribution < 1.29 is 19.1 Å². The number of carboxylic acids is 1. The van der Waals surface area contributed by atoms with E-state index in [9.17, 15) is 9.59 Å². The highest BCUT2D eigenvalue weighted by atomic mass is 16.4. The third-order valence-corrected chi connectivity index (χ3v) is 2.84. The molecule has 5 nitrogen and oxygen atoms in total. The molecule has 0 radical (unpaired) electrons. The quantitative estimate of drug-likeness (QED) is 0.875. The van der Waals surface area contributed by atoms with Crippen LogP contribution in [0.3, 0.4) is 0 Å². The van der Waals surface area contributed by atoms with Gasteiger partial charge in [0.2, 0.25) is 0 Å². The Bertz CT molecular complexity index is 630. The van der Waals surface area contributed by atoms with Gasteiger partial charge in [0.15, 0.2) is 5.76 Å². The largest absolute Gasteiger partial charge is 0.478 e. The lowest BCUT2D eigenvalue weighted by molar-refractivity contribution is 0.0696. The molecule has 0 unspecified atom stereocenters. The molecule has 2 rings (SSSR count). The maximum Gasteiger partial charge on any atom is 0.335 e. The highest BCUT2D eigenvalue weighted by molar-refractivity contribution is 5.91. The molecule has 104 valence electrons. The van der Waals surface area contributed by atoms with Crippen LogP contribution in [-0.4, -0.2) is 23.5 Å². The Morgan fingerprint density at radius 1 is 1.25 bits per heavy atom. The number of aryl methyl sites for hydroxylation is 1. The Labute approximate surface area is 116 Å². The zero-order valence-electron chi connectivity index (χ0n) is 11.1. The maximum atomic E-state index is 11.7. The van der Waals surface area contributed by atoms with Crippen molar-refractivity contribution in [2.45, 2.75) is 13.3 Å². The molecule has 1 aromatic carbocycles. The van der Waals surface area contributed by atoms with E-state index in [1.165, 1.54) is 6.07 Å². The molecule has 2 N–H and O–H groups in total. The summed E-state index contributed by atoms with van der Waals surface area (Å²) in [6, 6.07) is 10.0. The first-order valence-corrected chi connectivity index (χ1v) is 6.23. The van der Waals surface area contributed by atoms with Crippen molar-refractivity contribution in [3.05, 3.63) is 59.0 Å². The van der Waals surface area contributed by atoms with Crippen molar-refractivity contribution in [1.29, 1.82) is 0 Å². The molecule has 20 heavy (non-hydrogen) atoms. The van der Waals surface area contributed by atoms with Crippen LogP contribution in [0.25, 0.3) is 0 Å². The van der Waals surface area contributed by atoms with Gasteiger partial charge >= 0.3 is 5.97 Å². The molecular formula is C15H15NO4. The molecule has 0 bridgehead atoms. The van der Waals surface area contributed by atoms with E-state index in [2.05, 4.69) is 5.32 Å². The van der Waals surface area contributed by atoms with Crippen molar-refractivity contribution >= 4 is 11.9 Å². The summed E-state index contributed by atoms with van der Waals surface area (Å²) in [5, 5.41) is 11.6. The smallest absolute Gasteiger partial charge is 0.335 e. The standard InChI is InChI=1S/C15H15NO4/c1-10-5-6-13(20-10)14(17)16-8-7-11-3-2-4-12(9-11)15(18)19/h2-6,9H,7-8H2,1H3,(H,16,17)(H,18,19). The minimum absolute atomic E-state index is 0.246. The summed E-state index contributed by atoms with van der Waals surface area (Å²) in [6.07, 6.45) is 0.562. The van der Waals surface area contributed by atoms with Crippen LogP contribution < -0.4 is 5.32 Å². The molecule has 1 amide bonds. The van der Waals surface area contributed by atoms with Gasteiger partial charge in [-0.15, -0.1) is 0 Å². The number of nitrogens with one attached hydrogen (secondary N) is 1. The Balaban J connectivity index is 1.88. The summed E-state index contributed by atoms with van der Waals surface area (Å²) in [4.78, 5) is 22.6. The number of hydrogen-bond acceptors (Lipinski definition) is 3. The molecule has 0 fully saturated rings. The lowest BCUT2D eigenvalue weighted by Crippen LogP contribution is -2.25. The number of carbonyl (C=O) groups is 2. The van der Waals surface area contributed by atoms with E-state index in [0.717, 1.165) is 5.56 Å². The molecule has 0 aliphatic rings. The van der Waals surface area contributed by atoms with Crippen LogP contribution in [0.1, 0.15) is 32.2 Å². The van der Waals surface area contributed by atoms with E-state index < -0.39 is 5.97 Å². The van der Waals surface area contributed by atoms with Crippen LogP contribution in [0.2, 0.25) is 0 Å². The van der Waals surface area contributed by atoms with Gasteiger partial charge in [-0.05, 0) is 43.2 Å². The molecule has 0 aliphatic carbocycles. The van der Waals surface area contributed by atoms with Crippen LogP contribution in [0.15, 0.2) is 40.8 Å². The van der Waals surface area contributed by atoms with Gasteiger partial charge in [0.05, 0.1) is 5.56 Å². The first-order valence-electron chi connectivity index (χ1n) is 6.23. The van der Waals surface area contributed by atoms with Gasteiger partial charge in [0.1, 0.15) is 5.76 Å². The van der Waals surface area contributed by atoms with E-state index in [4.69, 9.17) is 9.52 Å². The van der Waals surface area contributed by atoms with Gasteiger partial charge in [-0.25, -0.2) is 4.79 Å². The second-order valence-corrected chi connectivity index (χ2v) is 4.42. The number of aromatic carboxylic acids is 1. The van der Waals surface area contributed by atoms with Crippen LogP contribution >= 0.6 is 0 Å². The number of rotatable bonds is 5. The SMILES string of the molecule is Cc1ccc(C(=O)NCCc2cccc(C(=O)O)c2)o1. The third-order valence-electron chi connectivity index (χ3n) is 2.84. The minimum Gasteiger partial charge on any atom is -0.478 e. The maximum absolute atomic E-state index is 11.7. The monoisotopic (exact) mass is 273 g/mol. The number of carboxylic acid groups (broad SMARTS) is 1. The second-order valence-electron chi connectivity index (χ2n) is 4.42. The Hall–Kier alpha value is -2.56. The fraction of sp³-hybridized carbons (Fsp3) is 0.200. The average molecular weight is 273 g/mol. The lowest BCUT2D eigenvalue weighted by Gasteiger charge is -2.04. The fourth-order valence-electron chi connectivity index (χ4n) is 1.82. The normalized spacial score (nSPS) is 10.2. The molecule has 5 heteroatoms. The van der Waals surface area contributed by atoms with Crippen LogP contribution in [-0.2, 0) is 6.42 Å². The predicted molar refractivity (Wildman–Crippen MR) is 72.9 cm³/mol. The highest BCUT2D eigenvalue weighted by Gasteiger charge is 2.09. The molecule has 0 aliphatic heterocycles. The molecular weight excluding hydrogens is 258 g/mol. The topological polar surface area (TPSA) is 79.5 Å². The summed E-state index contributed by atoms with van der Waals surface area (Å²) in [7, 11) is 0. The first-order chi connectivity index (χ1) is 9.56. The first kappa shape index (κ1) is 13.9. The zero-order chi connectivity index (χ0) is 14.5. The summed E-state index contributed by atoms with van der Waals surface area (Å²) < 4.78 is 5.21. The molecule has 1 aromatic heterocycles. The van der Waals surface area contributed by atoms with Gasteiger partial charge in [-0.1, -0.05) is 12.1 Å². The number of carbonyl (C=O) groups excluding carboxylic acids is 1. The molecule has 1 heterocycles. The Morgan fingerprint density at radius 2 is 2.05 bits per heavy atom. The van der Waals surface area contributed by atoms with Crippen molar-refractivity contribution in [3.63, 3.8) is 0 Å². The number of furan rings is 1. The molecule has 0 saturated heterocycles. The molecule has 0 spiro atoms. The third kappa shape index (κ3) is 3.47. The van der Waals surface area contributed by atoms with Gasteiger partial charge in [0, 0.05) is 6.54 Å². The summed E-state index contributed by atoms with van der Waals surface area (Å²) in [6.45, 7) is 2.19. The van der Waals surface area contributed by atoms with E-state index in [-0.39, 0.29) is 17.2 Å². The van der Waals surface area contributed by atoms with E-state index >= 15 is 0 Å². The lowest BCUT2D eigenvalue weighted by atomic mass is 10.1. The van der Waals surface area contributed by atoms with Crippen LogP contribution in [0, 0.1) is 6.92 Å². The summed E-state index contributed by atoms with van der Waals surface area (Å²) in [5.74, 6) is -0.263. The minimum atomic E-state index is -0.957. The second kappa shape index (κ2) is 6.06. The Kier molecular flexibility index (Phi) is 4.20.